The van der Waals surface area contributed by atoms with Gasteiger partial charge in [0, 0.05) is 11.9 Å². The Morgan fingerprint density at radius 3 is 2.07 bits per heavy atom. The van der Waals surface area contributed by atoms with Crippen LogP contribution in [0.5, 0.6) is 0 Å². The minimum atomic E-state index is 0.230. The summed E-state index contributed by atoms with van der Waals surface area (Å²) in [7, 11) is 0. The Kier molecular flexibility index (Phi) is 2.39. The molecular weight excluding hydrogens is 182 g/mol. The van der Waals surface area contributed by atoms with Crippen molar-refractivity contribution in [3.05, 3.63) is 48.2 Å². The van der Waals surface area contributed by atoms with E-state index in [2.05, 4.69) is 56.1 Å². The van der Waals surface area contributed by atoms with Gasteiger partial charge in [-0.25, -0.2) is 0 Å². The number of hydrogen-bond acceptors (Lipinski definition) is 0. The van der Waals surface area contributed by atoms with E-state index in [1.54, 1.807) is 0 Å². The van der Waals surface area contributed by atoms with Gasteiger partial charge < -0.3 is 4.98 Å². The first-order valence-electron chi connectivity index (χ1n) is 5.32. The smallest absolute Gasteiger partial charge is 0.0453 e. The fraction of sp³-hybridized carbons (Fsp3) is 0.286. The Balaban J connectivity index is 2.33. The zero-order chi connectivity index (χ0) is 10.9. The van der Waals surface area contributed by atoms with Gasteiger partial charge in [0.15, 0.2) is 0 Å². The largest absolute Gasteiger partial charge is 0.361 e. The second-order valence-corrected chi connectivity index (χ2v) is 4.91. The standard InChI is InChI=1S/C14H17N/c1-14(2,3)12-8-6-11(7-9-12)13-5-4-10-15-13/h4-10,15H,1-3H3. The molecule has 0 saturated heterocycles. The molecule has 2 aromatic rings. The number of aromatic amines is 1. The Morgan fingerprint density at radius 1 is 0.933 bits per heavy atom. The van der Waals surface area contributed by atoms with Crippen molar-refractivity contribution in [2.75, 3.05) is 0 Å². The lowest BCUT2D eigenvalue weighted by molar-refractivity contribution is 0.590. The molecule has 1 heterocycles. The molecule has 15 heavy (non-hydrogen) atoms. The van der Waals surface area contributed by atoms with Gasteiger partial charge in [0.1, 0.15) is 0 Å². The molecule has 1 heteroatoms. The van der Waals surface area contributed by atoms with Crippen LogP contribution in [0.4, 0.5) is 0 Å². The first-order valence-corrected chi connectivity index (χ1v) is 5.32. The molecule has 0 aliphatic carbocycles. The summed E-state index contributed by atoms with van der Waals surface area (Å²) in [5.74, 6) is 0. The Labute approximate surface area is 91.2 Å². The molecule has 78 valence electrons. The first kappa shape index (κ1) is 10.0. The highest BCUT2D eigenvalue weighted by Gasteiger charge is 2.12. The summed E-state index contributed by atoms with van der Waals surface area (Å²) in [4.78, 5) is 3.21. The predicted molar refractivity (Wildman–Crippen MR) is 64.9 cm³/mol. The number of hydrogen-bond donors (Lipinski definition) is 1. The summed E-state index contributed by atoms with van der Waals surface area (Å²) in [6.45, 7) is 6.70. The van der Waals surface area contributed by atoms with Gasteiger partial charge in [-0.1, -0.05) is 45.0 Å². The van der Waals surface area contributed by atoms with E-state index >= 15 is 0 Å². The maximum atomic E-state index is 3.21. The molecule has 1 nitrogen and oxygen atoms in total. The van der Waals surface area contributed by atoms with E-state index in [9.17, 15) is 0 Å². The quantitative estimate of drug-likeness (QED) is 0.715. The first-order chi connectivity index (χ1) is 7.07. The van der Waals surface area contributed by atoms with E-state index in [1.807, 2.05) is 12.3 Å². The fourth-order valence-electron chi connectivity index (χ4n) is 1.66. The highest BCUT2D eigenvalue weighted by Crippen LogP contribution is 2.25. The van der Waals surface area contributed by atoms with Crippen molar-refractivity contribution in [3.63, 3.8) is 0 Å². The third kappa shape index (κ3) is 2.12. The van der Waals surface area contributed by atoms with Crippen LogP contribution in [0, 0.1) is 0 Å². The van der Waals surface area contributed by atoms with E-state index < -0.39 is 0 Å². The summed E-state index contributed by atoms with van der Waals surface area (Å²) < 4.78 is 0. The van der Waals surface area contributed by atoms with E-state index in [1.165, 1.54) is 16.8 Å². The van der Waals surface area contributed by atoms with Crippen LogP contribution in [0.15, 0.2) is 42.6 Å². The average molecular weight is 199 g/mol. The van der Waals surface area contributed by atoms with Gasteiger partial charge in [0.2, 0.25) is 0 Å². The van der Waals surface area contributed by atoms with Crippen molar-refractivity contribution in [2.45, 2.75) is 26.2 Å². The molecule has 1 aromatic carbocycles. The van der Waals surface area contributed by atoms with Crippen molar-refractivity contribution in [3.8, 4) is 11.3 Å². The summed E-state index contributed by atoms with van der Waals surface area (Å²) >= 11 is 0. The van der Waals surface area contributed by atoms with Crippen LogP contribution in [0.2, 0.25) is 0 Å². The Morgan fingerprint density at radius 2 is 1.60 bits per heavy atom. The summed E-state index contributed by atoms with van der Waals surface area (Å²) in [5, 5.41) is 0. The van der Waals surface area contributed by atoms with Gasteiger partial charge in [-0.05, 0) is 28.7 Å². The molecule has 0 spiro atoms. The second-order valence-electron chi connectivity index (χ2n) is 4.91. The van der Waals surface area contributed by atoms with Crippen LogP contribution in [-0.2, 0) is 5.41 Å². The highest BCUT2D eigenvalue weighted by molar-refractivity contribution is 5.59. The SMILES string of the molecule is CC(C)(C)c1ccc(-c2ccc[nH]2)cc1. The van der Waals surface area contributed by atoms with Gasteiger partial charge in [-0.2, -0.15) is 0 Å². The van der Waals surface area contributed by atoms with Crippen molar-refractivity contribution >= 4 is 0 Å². The molecule has 0 aliphatic heterocycles. The van der Waals surface area contributed by atoms with Crippen molar-refractivity contribution < 1.29 is 0 Å². The van der Waals surface area contributed by atoms with Crippen molar-refractivity contribution in [1.29, 1.82) is 0 Å². The zero-order valence-corrected chi connectivity index (χ0v) is 9.54. The summed E-state index contributed by atoms with van der Waals surface area (Å²) in [5.41, 5.74) is 4.02. The average Bonchev–Trinajstić information content (AvgIpc) is 2.69. The van der Waals surface area contributed by atoms with Crippen molar-refractivity contribution in [1.82, 2.24) is 4.98 Å². The minimum absolute atomic E-state index is 0.230. The molecule has 0 aliphatic rings. The van der Waals surface area contributed by atoms with Gasteiger partial charge in [0.05, 0.1) is 0 Å². The molecular formula is C14H17N. The molecule has 0 bridgehead atoms. The highest BCUT2D eigenvalue weighted by atomic mass is 14.7. The van der Waals surface area contributed by atoms with Crippen LogP contribution >= 0.6 is 0 Å². The maximum Gasteiger partial charge on any atom is 0.0453 e. The summed E-state index contributed by atoms with van der Waals surface area (Å²) in [6.07, 6.45) is 1.95. The Bertz CT molecular complexity index is 415. The molecule has 0 radical (unpaired) electrons. The molecule has 0 unspecified atom stereocenters. The number of aromatic nitrogens is 1. The van der Waals surface area contributed by atoms with Gasteiger partial charge >= 0.3 is 0 Å². The monoisotopic (exact) mass is 199 g/mol. The molecule has 1 aromatic heterocycles. The van der Waals surface area contributed by atoms with Crippen LogP contribution in [0.3, 0.4) is 0 Å². The zero-order valence-electron chi connectivity index (χ0n) is 9.54. The van der Waals surface area contributed by atoms with Crippen LogP contribution in [0.1, 0.15) is 26.3 Å². The molecule has 0 fully saturated rings. The fourth-order valence-corrected chi connectivity index (χ4v) is 1.66. The lowest BCUT2D eigenvalue weighted by atomic mass is 9.86. The normalized spacial score (nSPS) is 11.7. The topological polar surface area (TPSA) is 15.8 Å². The van der Waals surface area contributed by atoms with Crippen LogP contribution in [-0.4, -0.2) is 4.98 Å². The van der Waals surface area contributed by atoms with Crippen LogP contribution < -0.4 is 0 Å². The van der Waals surface area contributed by atoms with E-state index in [0.29, 0.717) is 0 Å². The van der Waals surface area contributed by atoms with E-state index in [4.69, 9.17) is 0 Å². The summed E-state index contributed by atoms with van der Waals surface area (Å²) in [6, 6.07) is 12.9. The maximum absolute atomic E-state index is 3.21. The third-order valence-electron chi connectivity index (χ3n) is 2.66. The lowest BCUT2D eigenvalue weighted by Gasteiger charge is -2.18. The molecule has 0 atom stereocenters. The third-order valence-corrected chi connectivity index (χ3v) is 2.66. The number of nitrogens with one attached hydrogen (secondary N) is 1. The second kappa shape index (κ2) is 3.58. The predicted octanol–water partition coefficient (Wildman–Crippen LogP) is 3.98. The van der Waals surface area contributed by atoms with Gasteiger partial charge in [-0.15, -0.1) is 0 Å². The van der Waals surface area contributed by atoms with Crippen molar-refractivity contribution in [2.24, 2.45) is 0 Å². The number of rotatable bonds is 1. The van der Waals surface area contributed by atoms with Gasteiger partial charge in [0.25, 0.3) is 0 Å². The van der Waals surface area contributed by atoms with E-state index in [-0.39, 0.29) is 5.41 Å². The number of benzene rings is 1. The van der Waals surface area contributed by atoms with E-state index in [0.717, 1.165) is 0 Å². The van der Waals surface area contributed by atoms with Crippen LogP contribution in [0.25, 0.3) is 11.3 Å². The molecule has 0 saturated carbocycles. The Hall–Kier alpha value is -1.50. The lowest BCUT2D eigenvalue weighted by Crippen LogP contribution is -2.10. The molecule has 2 rings (SSSR count). The molecule has 1 N–H and O–H groups in total. The number of H-pyrrole nitrogens is 1. The van der Waals surface area contributed by atoms with Gasteiger partial charge in [-0.3, -0.25) is 0 Å². The molecule has 0 amide bonds. The minimum Gasteiger partial charge on any atom is -0.361 e.